The molecule has 0 aliphatic carbocycles. The summed E-state index contributed by atoms with van der Waals surface area (Å²) in [5.41, 5.74) is -1.25. The molecule has 0 spiro atoms. The number of para-hydroxylation sites is 2. The van der Waals surface area contributed by atoms with E-state index < -0.39 is 28.5 Å². The van der Waals surface area contributed by atoms with E-state index in [0.717, 1.165) is 0 Å². The predicted octanol–water partition coefficient (Wildman–Crippen LogP) is 2.24. The Labute approximate surface area is 135 Å². The van der Waals surface area contributed by atoms with Gasteiger partial charge in [0.1, 0.15) is 5.69 Å². The topological polar surface area (TPSA) is 111 Å². The average molecular weight is 323 g/mol. The van der Waals surface area contributed by atoms with E-state index in [4.69, 9.17) is 0 Å². The molecule has 3 aromatic rings. The molecule has 1 aromatic heterocycles. The largest absolute Gasteiger partial charge is 0.501 e. The number of aromatic hydroxyl groups is 1. The van der Waals surface area contributed by atoms with Crippen molar-refractivity contribution in [3.8, 4) is 5.75 Å². The Morgan fingerprint density at radius 3 is 2.33 bits per heavy atom. The van der Waals surface area contributed by atoms with Crippen molar-refractivity contribution in [2.45, 2.75) is 0 Å². The normalized spacial score (nSPS) is 10.3. The molecular formula is C17H13N3O4. The highest BCUT2D eigenvalue weighted by atomic mass is 16.3. The van der Waals surface area contributed by atoms with E-state index in [1.165, 1.54) is 12.1 Å². The van der Waals surface area contributed by atoms with Gasteiger partial charge in [-0.1, -0.05) is 30.3 Å². The Morgan fingerprint density at radius 1 is 0.917 bits per heavy atom. The number of aromatic nitrogens is 1. The number of carbonyl (C=O) groups excluding carboxylic acids is 1. The van der Waals surface area contributed by atoms with Gasteiger partial charge in [-0.25, -0.2) is 4.79 Å². The summed E-state index contributed by atoms with van der Waals surface area (Å²) in [5.74, 6) is -0.848. The van der Waals surface area contributed by atoms with E-state index in [-0.39, 0.29) is 10.9 Å². The van der Waals surface area contributed by atoms with Crippen LogP contribution in [0.4, 0.5) is 16.2 Å². The van der Waals surface area contributed by atoms with E-state index in [9.17, 15) is 19.5 Å². The maximum absolute atomic E-state index is 12.5. The average Bonchev–Trinajstić information content (AvgIpc) is 2.67. The second kappa shape index (κ2) is 6.25. The lowest BCUT2D eigenvalue weighted by Crippen LogP contribution is -2.23. The smallest absolute Gasteiger partial charge is 0.323 e. The fourth-order valence-corrected chi connectivity index (χ4v) is 2.24. The third kappa shape index (κ3) is 2.95. The lowest BCUT2D eigenvalue weighted by molar-refractivity contribution is 0.262. The number of rotatable bonds is 2. The van der Waals surface area contributed by atoms with Crippen LogP contribution in [-0.2, 0) is 0 Å². The van der Waals surface area contributed by atoms with Gasteiger partial charge in [0.25, 0.3) is 5.56 Å². The van der Waals surface area contributed by atoms with Crippen LogP contribution in [0, 0.1) is 0 Å². The molecule has 0 aliphatic heterocycles. The molecule has 2 aromatic carbocycles. The van der Waals surface area contributed by atoms with Crippen LogP contribution in [-0.4, -0.2) is 16.1 Å². The summed E-state index contributed by atoms with van der Waals surface area (Å²) in [5, 5.41) is 14.9. The number of fused-ring (bicyclic) bond motifs is 1. The molecule has 3 rings (SSSR count). The molecule has 0 fully saturated rings. The van der Waals surface area contributed by atoms with E-state index in [1.54, 1.807) is 42.5 Å². The number of amides is 2. The Morgan fingerprint density at radius 2 is 1.58 bits per heavy atom. The summed E-state index contributed by atoms with van der Waals surface area (Å²) in [7, 11) is 0. The van der Waals surface area contributed by atoms with Crippen molar-refractivity contribution in [1.29, 1.82) is 0 Å². The van der Waals surface area contributed by atoms with Gasteiger partial charge >= 0.3 is 6.03 Å². The Balaban J connectivity index is 2.05. The minimum atomic E-state index is -0.872. The van der Waals surface area contributed by atoms with Crippen LogP contribution < -0.4 is 21.6 Å². The lowest BCUT2D eigenvalue weighted by atomic mass is 10.2. The molecule has 0 aliphatic rings. The summed E-state index contributed by atoms with van der Waals surface area (Å²) >= 11 is 0. The van der Waals surface area contributed by atoms with Crippen molar-refractivity contribution >= 4 is 28.3 Å². The lowest BCUT2D eigenvalue weighted by Gasteiger charge is -2.06. The molecule has 0 atom stereocenters. The quantitative estimate of drug-likeness (QED) is 0.579. The minimum Gasteiger partial charge on any atom is -0.501 e. The van der Waals surface area contributed by atoms with E-state index in [1.807, 2.05) is 0 Å². The molecule has 4 N–H and O–H groups in total. The second-order valence-corrected chi connectivity index (χ2v) is 5.00. The highest BCUT2D eigenvalue weighted by Gasteiger charge is 2.15. The van der Waals surface area contributed by atoms with E-state index in [0.29, 0.717) is 5.69 Å². The van der Waals surface area contributed by atoms with E-state index in [2.05, 4.69) is 15.6 Å². The standard InChI is InChI=1S/C17H13N3O4/c21-14-11-8-4-5-9-12(11)19-16(23)15(22)13(14)20-17(24)18-10-6-2-1-3-7-10/h1-9H,(H4,18,19,20,21,22,23,24). The first-order valence-corrected chi connectivity index (χ1v) is 7.07. The molecule has 1 heterocycles. The zero-order valence-corrected chi connectivity index (χ0v) is 12.4. The molecular weight excluding hydrogens is 310 g/mol. The van der Waals surface area contributed by atoms with Gasteiger partial charge in [0.15, 0.2) is 0 Å². The van der Waals surface area contributed by atoms with Crippen molar-refractivity contribution in [3.63, 3.8) is 0 Å². The van der Waals surface area contributed by atoms with Crippen LogP contribution in [0.15, 0.2) is 64.2 Å². The van der Waals surface area contributed by atoms with Crippen molar-refractivity contribution in [2.24, 2.45) is 0 Å². The van der Waals surface area contributed by atoms with Crippen LogP contribution in [0.3, 0.4) is 0 Å². The molecule has 0 unspecified atom stereocenters. The number of benzene rings is 2. The summed E-state index contributed by atoms with van der Waals surface area (Å²) < 4.78 is 0. The van der Waals surface area contributed by atoms with Gasteiger partial charge < -0.3 is 20.7 Å². The van der Waals surface area contributed by atoms with Crippen molar-refractivity contribution in [2.75, 3.05) is 10.6 Å². The number of hydrogen-bond donors (Lipinski definition) is 4. The maximum Gasteiger partial charge on any atom is 0.323 e. The van der Waals surface area contributed by atoms with Gasteiger partial charge in [-0.05, 0) is 24.3 Å². The van der Waals surface area contributed by atoms with E-state index >= 15 is 0 Å². The maximum atomic E-state index is 12.5. The van der Waals surface area contributed by atoms with Gasteiger partial charge in [-0.3, -0.25) is 9.59 Å². The summed E-state index contributed by atoms with van der Waals surface area (Å²) in [6, 6.07) is 14.1. The zero-order valence-electron chi connectivity index (χ0n) is 12.4. The van der Waals surface area contributed by atoms with Crippen molar-refractivity contribution in [3.05, 3.63) is 75.2 Å². The minimum absolute atomic E-state index is 0.171. The summed E-state index contributed by atoms with van der Waals surface area (Å²) in [6.45, 7) is 0. The molecule has 2 amide bonds. The number of hydrogen-bond acceptors (Lipinski definition) is 4. The monoisotopic (exact) mass is 323 g/mol. The van der Waals surface area contributed by atoms with Crippen LogP contribution in [0.2, 0.25) is 0 Å². The van der Waals surface area contributed by atoms with Gasteiger partial charge in [-0.2, -0.15) is 0 Å². The molecule has 7 heteroatoms. The highest BCUT2D eigenvalue weighted by Crippen LogP contribution is 2.16. The molecule has 0 bridgehead atoms. The molecule has 0 radical (unpaired) electrons. The number of urea groups is 1. The number of carbonyl (C=O) groups is 1. The molecule has 120 valence electrons. The molecule has 0 saturated carbocycles. The Hall–Kier alpha value is -3.61. The van der Waals surface area contributed by atoms with Gasteiger partial charge in [0.05, 0.1) is 5.52 Å². The van der Waals surface area contributed by atoms with Crippen molar-refractivity contribution < 1.29 is 9.90 Å². The SMILES string of the molecule is O=C(Nc1ccccc1)Nc1c(O)c(=O)[nH]c2ccccc2c1=O. The first-order chi connectivity index (χ1) is 11.6. The number of nitrogens with one attached hydrogen (secondary N) is 3. The van der Waals surface area contributed by atoms with Gasteiger partial charge in [0.2, 0.25) is 11.2 Å². The fourth-order valence-electron chi connectivity index (χ4n) is 2.24. The zero-order chi connectivity index (χ0) is 17.1. The highest BCUT2D eigenvalue weighted by molar-refractivity contribution is 6.01. The number of anilines is 2. The summed E-state index contributed by atoms with van der Waals surface area (Å²) in [4.78, 5) is 38.9. The van der Waals surface area contributed by atoms with Gasteiger partial charge in [-0.15, -0.1) is 0 Å². The Kier molecular flexibility index (Phi) is 3.98. The van der Waals surface area contributed by atoms with Gasteiger partial charge in [0, 0.05) is 11.1 Å². The number of aromatic amines is 1. The first kappa shape index (κ1) is 15.3. The first-order valence-electron chi connectivity index (χ1n) is 7.07. The van der Waals surface area contributed by atoms with Crippen LogP contribution in [0.1, 0.15) is 0 Å². The van der Waals surface area contributed by atoms with Crippen molar-refractivity contribution in [1.82, 2.24) is 4.98 Å². The molecule has 24 heavy (non-hydrogen) atoms. The van der Waals surface area contributed by atoms with Crippen LogP contribution >= 0.6 is 0 Å². The fraction of sp³-hybridized carbons (Fsp3) is 0. The predicted molar refractivity (Wildman–Crippen MR) is 91.6 cm³/mol. The third-order valence-corrected chi connectivity index (χ3v) is 3.37. The Bertz CT molecular complexity index is 1030. The van der Waals surface area contributed by atoms with Crippen LogP contribution in [0.5, 0.6) is 5.75 Å². The molecule has 7 nitrogen and oxygen atoms in total. The second-order valence-electron chi connectivity index (χ2n) is 5.00. The molecule has 0 saturated heterocycles. The number of H-pyrrole nitrogens is 1. The van der Waals surface area contributed by atoms with Crippen LogP contribution in [0.25, 0.3) is 10.9 Å². The summed E-state index contributed by atoms with van der Waals surface area (Å²) in [6.07, 6.45) is 0. The third-order valence-electron chi connectivity index (χ3n) is 3.37.